The molecular formula is C21H27N3O4S2. The Labute approximate surface area is 183 Å². The molecule has 0 aliphatic rings. The van der Waals surface area contributed by atoms with Crippen molar-refractivity contribution in [2.45, 2.75) is 44.4 Å². The summed E-state index contributed by atoms with van der Waals surface area (Å²) in [6.45, 7) is 4.49. The minimum atomic E-state index is -3.74. The average molecular weight is 450 g/mol. The molecule has 0 saturated carbocycles. The number of carbonyl (C=O) groups excluding carboxylic acids is 1. The Morgan fingerprint density at radius 1 is 0.967 bits per heavy atom. The molecule has 162 valence electrons. The molecule has 0 radical (unpaired) electrons. The van der Waals surface area contributed by atoms with Crippen molar-refractivity contribution in [2.24, 2.45) is 0 Å². The van der Waals surface area contributed by atoms with Crippen LogP contribution in [0.25, 0.3) is 0 Å². The Balaban J connectivity index is 1.93. The van der Waals surface area contributed by atoms with Crippen molar-refractivity contribution in [3.63, 3.8) is 0 Å². The Morgan fingerprint density at radius 2 is 1.60 bits per heavy atom. The highest BCUT2D eigenvalue weighted by Gasteiger charge is 2.14. The number of hydrogen-bond acceptors (Lipinski definition) is 5. The first kappa shape index (κ1) is 23.6. The SMILES string of the molecule is CCCCCC(=O)NC(=S)Nc1ccc(S(=O)(=O)Nc2ccc(OCC)cc2)cc1. The van der Waals surface area contributed by atoms with Crippen molar-refractivity contribution in [3.8, 4) is 5.75 Å². The molecule has 2 rings (SSSR count). The molecule has 0 spiro atoms. The highest BCUT2D eigenvalue weighted by Crippen LogP contribution is 2.20. The summed E-state index contributed by atoms with van der Waals surface area (Å²) in [5.41, 5.74) is 1.02. The highest BCUT2D eigenvalue weighted by molar-refractivity contribution is 7.92. The van der Waals surface area contributed by atoms with E-state index in [0.717, 1.165) is 19.3 Å². The van der Waals surface area contributed by atoms with Gasteiger partial charge in [-0.2, -0.15) is 0 Å². The Kier molecular flexibility index (Phi) is 9.07. The van der Waals surface area contributed by atoms with Gasteiger partial charge in [0.05, 0.1) is 11.5 Å². The quantitative estimate of drug-likeness (QED) is 0.370. The molecule has 0 saturated heterocycles. The first-order chi connectivity index (χ1) is 14.3. The van der Waals surface area contributed by atoms with E-state index in [2.05, 4.69) is 22.3 Å². The molecular weight excluding hydrogens is 422 g/mol. The fourth-order valence-corrected chi connectivity index (χ4v) is 3.89. The summed E-state index contributed by atoms with van der Waals surface area (Å²) >= 11 is 5.13. The number of hydrogen-bond donors (Lipinski definition) is 3. The molecule has 9 heteroatoms. The van der Waals surface area contributed by atoms with E-state index in [1.165, 1.54) is 12.1 Å². The van der Waals surface area contributed by atoms with Gasteiger partial charge < -0.3 is 15.4 Å². The highest BCUT2D eigenvalue weighted by atomic mass is 32.2. The van der Waals surface area contributed by atoms with Crippen LogP contribution in [0.4, 0.5) is 11.4 Å². The number of sulfonamides is 1. The fraction of sp³-hybridized carbons (Fsp3) is 0.333. The van der Waals surface area contributed by atoms with Crippen LogP contribution in [0, 0.1) is 0 Å². The molecule has 0 heterocycles. The third kappa shape index (κ3) is 7.64. The van der Waals surface area contributed by atoms with E-state index in [9.17, 15) is 13.2 Å². The number of unbranched alkanes of at least 4 members (excludes halogenated alkanes) is 2. The number of carbonyl (C=O) groups is 1. The molecule has 3 N–H and O–H groups in total. The second-order valence-corrected chi connectivity index (χ2v) is 8.64. The first-order valence-corrected chi connectivity index (χ1v) is 11.7. The van der Waals surface area contributed by atoms with E-state index >= 15 is 0 Å². The van der Waals surface area contributed by atoms with E-state index in [0.29, 0.717) is 30.2 Å². The van der Waals surface area contributed by atoms with Gasteiger partial charge in [0.2, 0.25) is 5.91 Å². The number of thiocarbonyl (C=S) groups is 1. The summed E-state index contributed by atoms with van der Waals surface area (Å²) in [5, 5.41) is 5.68. The van der Waals surface area contributed by atoms with Crippen molar-refractivity contribution >= 4 is 44.6 Å². The zero-order chi connectivity index (χ0) is 22.0. The van der Waals surface area contributed by atoms with Crippen LogP contribution in [-0.4, -0.2) is 26.0 Å². The lowest BCUT2D eigenvalue weighted by Gasteiger charge is -2.11. The fourth-order valence-electron chi connectivity index (χ4n) is 2.60. The Hall–Kier alpha value is -2.65. The maximum absolute atomic E-state index is 12.6. The number of ether oxygens (including phenoxy) is 1. The molecule has 2 aromatic carbocycles. The Bertz CT molecular complexity index is 943. The predicted molar refractivity (Wildman–Crippen MR) is 123 cm³/mol. The normalized spacial score (nSPS) is 10.9. The summed E-state index contributed by atoms with van der Waals surface area (Å²) in [6.07, 6.45) is 3.27. The van der Waals surface area contributed by atoms with Gasteiger partial charge in [0, 0.05) is 17.8 Å². The van der Waals surface area contributed by atoms with Crippen LogP contribution in [0.2, 0.25) is 0 Å². The molecule has 2 aromatic rings. The van der Waals surface area contributed by atoms with Crippen LogP contribution in [0.5, 0.6) is 5.75 Å². The summed E-state index contributed by atoms with van der Waals surface area (Å²) in [4.78, 5) is 11.9. The van der Waals surface area contributed by atoms with Crippen molar-refractivity contribution in [1.82, 2.24) is 5.32 Å². The number of amides is 1. The molecule has 1 amide bonds. The van der Waals surface area contributed by atoms with Crippen LogP contribution in [0.15, 0.2) is 53.4 Å². The molecule has 0 unspecified atom stereocenters. The van der Waals surface area contributed by atoms with Gasteiger partial charge >= 0.3 is 0 Å². The van der Waals surface area contributed by atoms with Crippen LogP contribution in [0.3, 0.4) is 0 Å². The maximum atomic E-state index is 12.6. The van der Waals surface area contributed by atoms with Crippen LogP contribution in [-0.2, 0) is 14.8 Å². The second kappa shape index (κ2) is 11.5. The van der Waals surface area contributed by atoms with Gasteiger partial charge in [-0.05, 0) is 74.1 Å². The minimum Gasteiger partial charge on any atom is -0.494 e. The van der Waals surface area contributed by atoms with Crippen molar-refractivity contribution < 1.29 is 17.9 Å². The van der Waals surface area contributed by atoms with Crippen molar-refractivity contribution in [1.29, 1.82) is 0 Å². The molecule has 0 fully saturated rings. The molecule has 0 aliphatic heterocycles. The average Bonchev–Trinajstić information content (AvgIpc) is 2.70. The summed E-state index contributed by atoms with van der Waals surface area (Å²) in [5.74, 6) is 0.531. The second-order valence-electron chi connectivity index (χ2n) is 6.55. The summed E-state index contributed by atoms with van der Waals surface area (Å²) < 4.78 is 33.0. The van der Waals surface area contributed by atoms with Crippen molar-refractivity contribution in [2.75, 3.05) is 16.6 Å². The Morgan fingerprint density at radius 3 is 2.20 bits per heavy atom. The molecule has 0 aliphatic carbocycles. The van der Waals surface area contributed by atoms with E-state index in [-0.39, 0.29) is 15.9 Å². The lowest BCUT2D eigenvalue weighted by molar-refractivity contribution is -0.119. The monoisotopic (exact) mass is 449 g/mol. The van der Waals surface area contributed by atoms with Crippen molar-refractivity contribution in [3.05, 3.63) is 48.5 Å². The van der Waals surface area contributed by atoms with Crippen LogP contribution >= 0.6 is 12.2 Å². The first-order valence-electron chi connectivity index (χ1n) is 9.80. The lowest BCUT2D eigenvalue weighted by Crippen LogP contribution is -2.33. The van der Waals surface area contributed by atoms with Gasteiger partial charge in [-0.1, -0.05) is 19.8 Å². The lowest BCUT2D eigenvalue weighted by atomic mass is 10.2. The maximum Gasteiger partial charge on any atom is 0.261 e. The van der Waals surface area contributed by atoms with Gasteiger partial charge in [-0.3, -0.25) is 9.52 Å². The number of nitrogens with one attached hydrogen (secondary N) is 3. The van der Waals surface area contributed by atoms with Gasteiger partial charge in [0.15, 0.2) is 5.11 Å². The molecule has 0 atom stereocenters. The zero-order valence-corrected chi connectivity index (χ0v) is 18.7. The number of rotatable bonds is 10. The molecule has 30 heavy (non-hydrogen) atoms. The third-order valence-electron chi connectivity index (χ3n) is 4.10. The standard InChI is InChI=1S/C21H27N3O4S2/c1-3-5-6-7-20(25)23-21(29)22-16-10-14-19(15-11-16)30(26,27)24-17-8-12-18(13-9-17)28-4-2/h8-15,24H,3-7H2,1-2H3,(H2,22,23,25,29). The van der Waals surface area contributed by atoms with E-state index in [4.69, 9.17) is 17.0 Å². The summed E-state index contributed by atoms with van der Waals surface area (Å²) in [7, 11) is -3.74. The summed E-state index contributed by atoms with van der Waals surface area (Å²) in [6, 6.07) is 12.8. The van der Waals surface area contributed by atoms with Crippen LogP contribution in [0.1, 0.15) is 39.5 Å². The van der Waals surface area contributed by atoms with Crippen LogP contribution < -0.4 is 20.1 Å². The number of benzene rings is 2. The van der Waals surface area contributed by atoms with E-state index in [1.54, 1.807) is 36.4 Å². The zero-order valence-electron chi connectivity index (χ0n) is 17.1. The van der Waals surface area contributed by atoms with E-state index in [1.807, 2.05) is 6.92 Å². The van der Waals surface area contributed by atoms with E-state index < -0.39 is 10.0 Å². The van der Waals surface area contributed by atoms with Gasteiger partial charge in [0.1, 0.15) is 5.75 Å². The van der Waals surface area contributed by atoms with Gasteiger partial charge in [-0.25, -0.2) is 8.42 Å². The topological polar surface area (TPSA) is 96.5 Å². The minimum absolute atomic E-state index is 0.108. The van der Waals surface area contributed by atoms with Gasteiger partial charge in [0.25, 0.3) is 10.0 Å². The number of anilines is 2. The predicted octanol–water partition coefficient (Wildman–Crippen LogP) is 4.28. The molecule has 0 aromatic heterocycles. The smallest absolute Gasteiger partial charge is 0.261 e. The molecule has 7 nitrogen and oxygen atoms in total. The van der Waals surface area contributed by atoms with Gasteiger partial charge in [-0.15, -0.1) is 0 Å². The third-order valence-corrected chi connectivity index (χ3v) is 5.70. The molecule has 0 bridgehead atoms. The largest absolute Gasteiger partial charge is 0.494 e.